The molecule has 0 spiro atoms. The molecule has 0 saturated carbocycles. The molecule has 1 aliphatic heterocycles. The Labute approximate surface area is 151 Å². The van der Waals surface area contributed by atoms with E-state index in [1.165, 1.54) is 0 Å². The molecule has 2 aromatic heterocycles. The van der Waals surface area contributed by atoms with Crippen LogP contribution in [0.4, 0.5) is 11.4 Å². The number of aryl methyl sites for hydroxylation is 1. The number of hydrogen-bond acceptors (Lipinski definition) is 4. The van der Waals surface area contributed by atoms with Gasteiger partial charge >= 0.3 is 0 Å². The van der Waals surface area contributed by atoms with Crippen molar-refractivity contribution in [3.63, 3.8) is 0 Å². The molecular weight excluding hydrogens is 322 g/mol. The van der Waals surface area contributed by atoms with Gasteiger partial charge in [0.15, 0.2) is 6.17 Å². The van der Waals surface area contributed by atoms with E-state index in [0.29, 0.717) is 0 Å². The van der Waals surface area contributed by atoms with E-state index >= 15 is 0 Å². The van der Waals surface area contributed by atoms with E-state index in [9.17, 15) is 0 Å². The summed E-state index contributed by atoms with van der Waals surface area (Å²) in [6.45, 7) is 2.01. The number of aromatic amines is 1. The van der Waals surface area contributed by atoms with Crippen molar-refractivity contribution in [2.24, 2.45) is 4.99 Å². The highest BCUT2D eigenvalue weighted by atomic mass is 15.3. The lowest BCUT2D eigenvalue weighted by Crippen LogP contribution is -2.27. The van der Waals surface area contributed by atoms with Gasteiger partial charge in [-0.25, -0.2) is 0 Å². The SMILES string of the molecule is Cc1cccc(C2N=Cc3ccccc3N2c2ccc3[nH]ncc3c2)n1. The van der Waals surface area contributed by atoms with Crippen LogP contribution >= 0.6 is 0 Å². The number of anilines is 2. The summed E-state index contributed by atoms with van der Waals surface area (Å²) >= 11 is 0. The Morgan fingerprint density at radius 3 is 2.85 bits per heavy atom. The molecule has 26 heavy (non-hydrogen) atoms. The molecular formula is C21H17N5. The number of aliphatic imine (C=N–C) groups is 1. The molecule has 1 unspecified atom stereocenters. The minimum absolute atomic E-state index is 0.200. The first-order valence-electron chi connectivity index (χ1n) is 8.58. The second-order valence-corrected chi connectivity index (χ2v) is 6.43. The fourth-order valence-electron chi connectivity index (χ4n) is 3.44. The number of rotatable bonds is 2. The van der Waals surface area contributed by atoms with Crippen LogP contribution in [0.3, 0.4) is 0 Å². The lowest BCUT2D eigenvalue weighted by atomic mass is 10.1. The van der Waals surface area contributed by atoms with Crippen LogP contribution < -0.4 is 4.90 Å². The largest absolute Gasteiger partial charge is 0.313 e. The highest BCUT2D eigenvalue weighted by Crippen LogP contribution is 2.40. The van der Waals surface area contributed by atoms with E-state index < -0.39 is 0 Å². The molecule has 0 saturated heterocycles. The van der Waals surface area contributed by atoms with E-state index in [2.05, 4.69) is 51.5 Å². The van der Waals surface area contributed by atoms with Crippen LogP contribution in [-0.2, 0) is 0 Å². The Kier molecular flexibility index (Phi) is 3.31. The van der Waals surface area contributed by atoms with Crippen molar-refractivity contribution in [2.45, 2.75) is 13.1 Å². The maximum absolute atomic E-state index is 4.82. The summed E-state index contributed by atoms with van der Waals surface area (Å²) in [5.74, 6) is 0. The zero-order valence-electron chi connectivity index (χ0n) is 14.3. The van der Waals surface area contributed by atoms with Gasteiger partial charge in [-0.1, -0.05) is 24.3 Å². The molecule has 3 heterocycles. The van der Waals surface area contributed by atoms with Crippen molar-refractivity contribution in [3.8, 4) is 0 Å². The van der Waals surface area contributed by atoms with Gasteiger partial charge in [-0.15, -0.1) is 0 Å². The van der Waals surface area contributed by atoms with Gasteiger partial charge in [0.2, 0.25) is 0 Å². The van der Waals surface area contributed by atoms with Gasteiger partial charge in [0, 0.05) is 28.5 Å². The first-order valence-corrected chi connectivity index (χ1v) is 8.58. The highest BCUT2D eigenvalue weighted by molar-refractivity contribution is 5.93. The van der Waals surface area contributed by atoms with Crippen LogP contribution in [-0.4, -0.2) is 21.4 Å². The van der Waals surface area contributed by atoms with Gasteiger partial charge < -0.3 is 4.90 Å². The molecule has 126 valence electrons. The molecule has 1 atom stereocenters. The average molecular weight is 339 g/mol. The number of hydrogen-bond donors (Lipinski definition) is 1. The van der Waals surface area contributed by atoms with Crippen LogP contribution in [0.5, 0.6) is 0 Å². The molecule has 1 N–H and O–H groups in total. The van der Waals surface area contributed by atoms with Crippen molar-refractivity contribution in [1.82, 2.24) is 15.2 Å². The number of fused-ring (bicyclic) bond motifs is 2. The molecule has 5 heteroatoms. The molecule has 4 aromatic rings. The summed E-state index contributed by atoms with van der Waals surface area (Å²) in [5.41, 5.74) is 6.23. The fraction of sp³-hybridized carbons (Fsp3) is 0.0952. The predicted molar refractivity (Wildman–Crippen MR) is 104 cm³/mol. The maximum Gasteiger partial charge on any atom is 0.168 e. The quantitative estimate of drug-likeness (QED) is 0.583. The lowest BCUT2D eigenvalue weighted by Gasteiger charge is -2.34. The standard InChI is InChI=1S/C21H17N5/c1-14-5-4-7-19(24-14)21-22-12-15-6-2-3-8-20(15)26(21)17-9-10-18-16(11-17)13-23-25-18/h2-13,21H,1H3,(H,23,25). The van der Waals surface area contributed by atoms with Crippen molar-refractivity contribution < 1.29 is 0 Å². The lowest BCUT2D eigenvalue weighted by molar-refractivity contribution is 0.705. The third kappa shape index (κ3) is 2.37. The topological polar surface area (TPSA) is 57.2 Å². The van der Waals surface area contributed by atoms with Crippen molar-refractivity contribution in [2.75, 3.05) is 4.90 Å². The van der Waals surface area contributed by atoms with Gasteiger partial charge in [-0.3, -0.25) is 15.1 Å². The minimum atomic E-state index is -0.200. The first kappa shape index (κ1) is 14.8. The summed E-state index contributed by atoms with van der Waals surface area (Å²) in [7, 11) is 0. The van der Waals surface area contributed by atoms with E-state index in [-0.39, 0.29) is 6.17 Å². The molecule has 5 nitrogen and oxygen atoms in total. The number of aromatic nitrogens is 3. The summed E-state index contributed by atoms with van der Waals surface area (Å²) in [4.78, 5) is 11.8. The normalized spacial score (nSPS) is 16.0. The third-order valence-electron chi connectivity index (χ3n) is 4.67. The zero-order chi connectivity index (χ0) is 17.5. The monoisotopic (exact) mass is 339 g/mol. The molecule has 2 aromatic carbocycles. The van der Waals surface area contributed by atoms with Gasteiger partial charge in [-0.05, 0) is 43.3 Å². The summed E-state index contributed by atoms with van der Waals surface area (Å²) in [5, 5.41) is 8.22. The molecule has 0 aliphatic carbocycles. The Balaban J connectivity index is 1.71. The average Bonchev–Trinajstić information content (AvgIpc) is 3.15. The number of benzene rings is 2. The number of H-pyrrole nitrogens is 1. The summed E-state index contributed by atoms with van der Waals surface area (Å²) in [6.07, 6.45) is 3.59. The van der Waals surface area contributed by atoms with Gasteiger partial charge in [0.25, 0.3) is 0 Å². The number of para-hydroxylation sites is 1. The minimum Gasteiger partial charge on any atom is -0.313 e. The summed E-state index contributed by atoms with van der Waals surface area (Å²) in [6, 6.07) is 20.7. The van der Waals surface area contributed by atoms with Crippen LogP contribution in [0.15, 0.2) is 71.9 Å². The Bertz CT molecular complexity index is 1130. The van der Waals surface area contributed by atoms with E-state index in [1.807, 2.05) is 43.6 Å². The zero-order valence-corrected chi connectivity index (χ0v) is 14.3. The molecule has 0 fully saturated rings. The van der Waals surface area contributed by atoms with Crippen molar-refractivity contribution >= 4 is 28.5 Å². The van der Waals surface area contributed by atoms with Crippen LogP contribution in [0.25, 0.3) is 10.9 Å². The number of nitrogens with one attached hydrogen (secondary N) is 1. The third-order valence-corrected chi connectivity index (χ3v) is 4.67. The highest BCUT2D eigenvalue weighted by Gasteiger charge is 2.27. The van der Waals surface area contributed by atoms with Crippen molar-refractivity contribution in [3.05, 3.63) is 83.8 Å². The number of nitrogens with zero attached hydrogens (tertiary/aromatic N) is 4. The van der Waals surface area contributed by atoms with E-state index in [1.54, 1.807) is 0 Å². The first-order chi connectivity index (χ1) is 12.8. The van der Waals surface area contributed by atoms with Gasteiger partial charge in [-0.2, -0.15) is 5.10 Å². The second-order valence-electron chi connectivity index (χ2n) is 6.43. The van der Waals surface area contributed by atoms with Crippen LogP contribution in [0, 0.1) is 6.92 Å². The summed E-state index contributed by atoms with van der Waals surface area (Å²) < 4.78 is 0. The number of pyridine rings is 1. The van der Waals surface area contributed by atoms with Gasteiger partial charge in [0.05, 0.1) is 23.1 Å². The molecule has 0 bridgehead atoms. The van der Waals surface area contributed by atoms with Crippen molar-refractivity contribution in [1.29, 1.82) is 0 Å². The molecule has 0 radical (unpaired) electrons. The van der Waals surface area contributed by atoms with E-state index in [0.717, 1.165) is 39.2 Å². The van der Waals surface area contributed by atoms with Crippen LogP contribution in [0.1, 0.15) is 23.1 Å². The molecule has 0 amide bonds. The van der Waals surface area contributed by atoms with E-state index in [4.69, 9.17) is 9.98 Å². The second kappa shape index (κ2) is 5.81. The smallest absolute Gasteiger partial charge is 0.168 e. The molecule has 1 aliphatic rings. The molecule has 5 rings (SSSR count). The Hall–Kier alpha value is -3.47. The Morgan fingerprint density at radius 2 is 1.92 bits per heavy atom. The van der Waals surface area contributed by atoms with Crippen LogP contribution in [0.2, 0.25) is 0 Å². The van der Waals surface area contributed by atoms with Gasteiger partial charge in [0.1, 0.15) is 0 Å². The predicted octanol–water partition coefficient (Wildman–Crippen LogP) is 4.54. The fourth-order valence-corrected chi connectivity index (χ4v) is 3.44. The Morgan fingerprint density at radius 1 is 1.00 bits per heavy atom. The maximum atomic E-state index is 4.82.